The first-order valence-corrected chi connectivity index (χ1v) is 13.0. The molecule has 2 aromatic rings. The van der Waals surface area contributed by atoms with Gasteiger partial charge in [0, 0.05) is 0 Å². The fraction of sp³-hybridized carbons (Fsp3) is 0.600. The van der Waals surface area contributed by atoms with Gasteiger partial charge >= 0.3 is 0 Å². The predicted octanol–water partition coefficient (Wildman–Crippen LogP) is 9.48. The van der Waals surface area contributed by atoms with Crippen LogP contribution in [0, 0.1) is 17.8 Å². The molecule has 0 amide bonds. The van der Waals surface area contributed by atoms with Crippen molar-refractivity contribution in [3.8, 4) is 11.1 Å². The lowest BCUT2D eigenvalue weighted by molar-refractivity contribution is 0.224. The molecule has 0 aromatic heterocycles. The molecule has 2 aliphatic carbocycles. The van der Waals surface area contributed by atoms with E-state index in [0.29, 0.717) is 0 Å². The van der Waals surface area contributed by atoms with Gasteiger partial charge in [-0.2, -0.15) is 0 Å². The van der Waals surface area contributed by atoms with Crippen LogP contribution in [0.25, 0.3) is 11.1 Å². The van der Waals surface area contributed by atoms with Gasteiger partial charge < -0.3 is 0 Å². The van der Waals surface area contributed by atoms with Crippen molar-refractivity contribution in [1.29, 1.82) is 0 Å². The molecule has 0 saturated heterocycles. The summed E-state index contributed by atoms with van der Waals surface area (Å²) in [5.74, 6) is 3.77. The first kappa shape index (κ1) is 22.6. The molecule has 0 radical (unpaired) electrons. The summed E-state index contributed by atoms with van der Waals surface area (Å²) < 4.78 is 12.7. The fourth-order valence-electron chi connectivity index (χ4n) is 6.21. The highest BCUT2D eigenvalue weighted by Crippen LogP contribution is 2.40. The molecule has 2 fully saturated rings. The quantitative estimate of drug-likeness (QED) is 0.399. The lowest BCUT2D eigenvalue weighted by Gasteiger charge is -2.32. The van der Waals surface area contributed by atoms with Crippen molar-refractivity contribution in [3.63, 3.8) is 0 Å². The van der Waals surface area contributed by atoms with Crippen LogP contribution in [0.15, 0.2) is 48.5 Å². The summed E-state index contributed by atoms with van der Waals surface area (Å²) in [5.41, 5.74) is 4.67. The van der Waals surface area contributed by atoms with E-state index in [-0.39, 0.29) is 6.67 Å². The molecule has 1 heteroatoms. The van der Waals surface area contributed by atoms with E-state index >= 15 is 0 Å². The zero-order valence-corrected chi connectivity index (χ0v) is 19.5. The first-order chi connectivity index (χ1) is 15.2. The maximum absolute atomic E-state index is 12.7. The molecule has 0 heterocycles. The highest BCUT2D eigenvalue weighted by atomic mass is 19.1. The van der Waals surface area contributed by atoms with Crippen molar-refractivity contribution in [1.82, 2.24) is 0 Å². The maximum Gasteiger partial charge on any atom is 0.115 e. The molecule has 0 aliphatic heterocycles. The predicted molar refractivity (Wildman–Crippen MR) is 131 cm³/mol. The molecular weight excluding hydrogens is 379 g/mol. The second kappa shape index (κ2) is 11.3. The summed E-state index contributed by atoms with van der Waals surface area (Å²) in [4.78, 5) is 0. The minimum Gasteiger partial charge on any atom is -0.246 e. The normalized spacial score (nSPS) is 26.6. The second-order valence-corrected chi connectivity index (χ2v) is 10.4. The number of hydrogen-bond donors (Lipinski definition) is 0. The van der Waals surface area contributed by atoms with Gasteiger partial charge in [-0.25, -0.2) is 4.39 Å². The van der Waals surface area contributed by atoms with Crippen LogP contribution < -0.4 is 0 Å². The Morgan fingerprint density at radius 2 is 1.06 bits per heavy atom. The molecular formula is C30H41F. The molecule has 2 aliphatic rings. The number of benzene rings is 2. The third-order valence-electron chi connectivity index (χ3n) is 8.32. The van der Waals surface area contributed by atoms with Gasteiger partial charge in [0.05, 0.1) is 0 Å². The van der Waals surface area contributed by atoms with Gasteiger partial charge in [0.1, 0.15) is 6.67 Å². The standard InChI is InChI=1S/C30H41F/c1-2-3-23-4-6-24(7-5-23)8-9-25-10-14-27(15-11-25)29-18-20-30(21-19-29)28-16-12-26(22-31)13-17-28/h12-13,16-21,23-25,27H,2-11,14-15,22H2,1H3/t23-,24-,25?,27?. The minimum atomic E-state index is -0.387. The molecule has 0 nitrogen and oxygen atoms in total. The number of hydrogen-bond acceptors (Lipinski definition) is 0. The number of alkyl halides is 1. The molecule has 168 valence electrons. The van der Waals surface area contributed by atoms with Crippen LogP contribution in [0.1, 0.15) is 101 Å². The van der Waals surface area contributed by atoms with Gasteiger partial charge in [-0.1, -0.05) is 107 Å². The topological polar surface area (TPSA) is 0 Å². The van der Waals surface area contributed by atoms with Gasteiger partial charge in [0.2, 0.25) is 0 Å². The molecule has 4 rings (SSSR count). The van der Waals surface area contributed by atoms with Crippen molar-refractivity contribution in [2.45, 2.75) is 96.6 Å². The number of halogens is 1. The van der Waals surface area contributed by atoms with Crippen LogP contribution in [0.4, 0.5) is 4.39 Å². The third-order valence-corrected chi connectivity index (χ3v) is 8.32. The zero-order valence-electron chi connectivity index (χ0n) is 19.5. The van der Waals surface area contributed by atoms with Gasteiger partial charge in [-0.05, 0) is 71.6 Å². The molecule has 0 spiro atoms. The van der Waals surface area contributed by atoms with Crippen molar-refractivity contribution in [2.24, 2.45) is 17.8 Å². The average molecular weight is 421 g/mol. The highest BCUT2D eigenvalue weighted by Gasteiger charge is 2.25. The Morgan fingerprint density at radius 3 is 1.55 bits per heavy atom. The van der Waals surface area contributed by atoms with Crippen LogP contribution in [0.2, 0.25) is 0 Å². The molecule has 0 unspecified atom stereocenters. The van der Waals surface area contributed by atoms with Crippen LogP contribution >= 0.6 is 0 Å². The van der Waals surface area contributed by atoms with Crippen molar-refractivity contribution in [3.05, 3.63) is 59.7 Å². The van der Waals surface area contributed by atoms with Crippen LogP contribution in [0.3, 0.4) is 0 Å². The average Bonchev–Trinajstić information content (AvgIpc) is 2.84. The minimum absolute atomic E-state index is 0.387. The Labute approximate surface area is 189 Å². The van der Waals surface area contributed by atoms with Crippen LogP contribution in [-0.2, 0) is 6.67 Å². The smallest absolute Gasteiger partial charge is 0.115 e. The summed E-state index contributed by atoms with van der Waals surface area (Å²) in [6, 6.07) is 17.0. The molecule has 0 bridgehead atoms. The first-order valence-electron chi connectivity index (χ1n) is 13.0. The highest BCUT2D eigenvalue weighted by molar-refractivity contribution is 5.64. The van der Waals surface area contributed by atoms with E-state index in [9.17, 15) is 4.39 Å². The molecule has 2 aromatic carbocycles. The Kier molecular flexibility index (Phi) is 8.22. The Morgan fingerprint density at radius 1 is 0.613 bits per heavy atom. The van der Waals surface area contributed by atoms with Gasteiger partial charge in [-0.15, -0.1) is 0 Å². The van der Waals surface area contributed by atoms with E-state index < -0.39 is 0 Å². The van der Waals surface area contributed by atoms with Gasteiger partial charge in [-0.3, -0.25) is 0 Å². The summed E-state index contributed by atoms with van der Waals surface area (Å²) in [5, 5.41) is 0. The lowest BCUT2D eigenvalue weighted by Crippen LogP contribution is -2.17. The maximum atomic E-state index is 12.7. The molecule has 0 N–H and O–H groups in total. The zero-order chi connectivity index (χ0) is 21.5. The van der Waals surface area contributed by atoms with E-state index in [4.69, 9.17) is 0 Å². The van der Waals surface area contributed by atoms with E-state index in [1.54, 1.807) is 0 Å². The van der Waals surface area contributed by atoms with Crippen LogP contribution in [-0.4, -0.2) is 0 Å². The Balaban J connectivity index is 1.21. The SMILES string of the molecule is CCC[C@H]1CC[C@H](CCC2CCC(c3ccc(-c4ccc(CF)cc4)cc3)CC2)CC1. The Hall–Kier alpha value is -1.63. The van der Waals surface area contributed by atoms with E-state index in [2.05, 4.69) is 31.2 Å². The van der Waals surface area contributed by atoms with Gasteiger partial charge in [0.15, 0.2) is 0 Å². The lowest BCUT2D eigenvalue weighted by atomic mass is 9.74. The van der Waals surface area contributed by atoms with Crippen LogP contribution in [0.5, 0.6) is 0 Å². The monoisotopic (exact) mass is 420 g/mol. The fourth-order valence-corrected chi connectivity index (χ4v) is 6.21. The summed E-state index contributed by atoms with van der Waals surface area (Å²) in [6.07, 6.45) is 17.4. The summed E-state index contributed by atoms with van der Waals surface area (Å²) in [7, 11) is 0. The molecule has 0 atom stereocenters. The van der Waals surface area contributed by atoms with E-state index in [1.807, 2.05) is 24.3 Å². The molecule has 31 heavy (non-hydrogen) atoms. The summed E-state index contributed by atoms with van der Waals surface area (Å²) in [6.45, 7) is 1.95. The van der Waals surface area contributed by atoms with Gasteiger partial charge in [0.25, 0.3) is 0 Å². The summed E-state index contributed by atoms with van der Waals surface area (Å²) >= 11 is 0. The van der Waals surface area contributed by atoms with Crippen molar-refractivity contribution in [2.75, 3.05) is 0 Å². The van der Waals surface area contributed by atoms with Crippen molar-refractivity contribution < 1.29 is 4.39 Å². The number of rotatable bonds is 8. The Bertz CT molecular complexity index is 759. The largest absolute Gasteiger partial charge is 0.246 e. The van der Waals surface area contributed by atoms with Crippen molar-refractivity contribution >= 4 is 0 Å². The van der Waals surface area contributed by atoms with E-state index in [0.717, 1.165) is 29.2 Å². The van der Waals surface area contributed by atoms with E-state index in [1.165, 1.54) is 93.7 Å². The third kappa shape index (κ3) is 6.21. The molecule has 2 saturated carbocycles. The second-order valence-electron chi connectivity index (χ2n) is 10.4.